The van der Waals surface area contributed by atoms with E-state index in [4.69, 9.17) is 0 Å². The van der Waals surface area contributed by atoms with Crippen LogP contribution in [0.15, 0.2) is 53.4 Å². The number of rotatable bonds is 8. The fraction of sp³-hybridized carbons (Fsp3) is 0.391. The Kier molecular flexibility index (Phi) is 7.12. The van der Waals surface area contributed by atoms with Crippen molar-refractivity contribution in [2.45, 2.75) is 56.6 Å². The molecule has 0 aliphatic carbocycles. The first-order valence-electron chi connectivity index (χ1n) is 10.2. The molecule has 0 fully saturated rings. The summed E-state index contributed by atoms with van der Waals surface area (Å²) < 4.78 is 1.79. The van der Waals surface area contributed by atoms with E-state index < -0.39 is 12.0 Å². The largest absolute Gasteiger partial charge is 0.481 e. The summed E-state index contributed by atoms with van der Waals surface area (Å²) >= 11 is 1.67. The first kappa shape index (κ1) is 23.0. The van der Waals surface area contributed by atoms with E-state index in [0.717, 1.165) is 21.6 Å². The summed E-state index contributed by atoms with van der Waals surface area (Å²) in [6.45, 7) is 8.12. The number of thioether (sulfide) groups is 1. The van der Waals surface area contributed by atoms with E-state index in [1.807, 2.05) is 70.3 Å². The van der Waals surface area contributed by atoms with Gasteiger partial charge in [-0.05, 0) is 67.6 Å². The Morgan fingerprint density at radius 3 is 2.26 bits per heavy atom. The smallest absolute Gasteiger partial charge is 0.305 e. The van der Waals surface area contributed by atoms with Gasteiger partial charge in [-0.25, -0.2) is 4.68 Å². The Hall–Kier alpha value is -2.71. The van der Waals surface area contributed by atoms with Crippen LogP contribution in [0, 0.1) is 6.92 Å². The maximum Gasteiger partial charge on any atom is 0.305 e. The Bertz CT molecular complexity index is 1010. The second-order valence-corrected chi connectivity index (χ2v) is 9.43. The number of aryl methyl sites for hydroxylation is 1. The van der Waals surface area contributed by atoms with Gasteiger partial charge in [-0.15, -0.1) is 16.9 Å². The number of carboxylic acid groups (broad SMARTS) is 1. The molecule has 0 saturated carbocycles. The zero-order valence-corrected chi connectivity index (χ0v) is 19.3. The molecule has 0 radical (unpaired) electrons. The summed E-state index contributed by atoms with van der Waals surface area (Å²) in [5, 5.41) is 25.6. The minimum absolute atomic E-state index is 0.0560. The maximum absolute atomic E-state index is 11.7. The molecule has 7 nitrogen and oxygen atoms in total. The highest BCUT2D eigenvalue weighted by atomic mass is 32.2. The number of carbonyl (C=O) groups is 1. The number of nitrogens with one attached hydrogen (secondary N) is 1. The van der Waals surface area contributed by atoms with Crippen molar-refractivity contribution in [1.29, 1.82) is 0 Å². The first-order valence-corrected chi connectivity index (χ1v) is 11.4. The number of hydrogen-bond acceptors (Lipinski definition) is 6. The number of carboxylic acids is 1. The van der Waals surface area contributed by atoms with Crippen LogP contribution in [0.25, 0.3) is 0 Å². The van der Waals surface area contributed by atoms with Gasteiger partial charge in [0.1, 0.15) is 0 Å². The molecule has 2 atom stereocenters. The number of aliphatic carboxylic acids is 1. The summed E-state index contributed by atoms with van der Waals surface area (Å²) in [6, 6.07) is 15.3. The molecular formula is C23H29N5O2S. The normalized spacial score (nSPS) is 13.7. The molecule has 2 unspecified atom stereocenters. The molecule has 2 aromatic carbocycles. The van der Waals surface area contributed by atoms with Crippen LogP contribution < -0.4 is 5.32 Å². The SMILES string of the molecule is CSc1ccc(C(NC(CC(=O)O)c2ccc(C)cc2)c2nnnn2C(C)(C)C)cc1. The average molecular weight is 440 g/mol. The average Bonchev–Trinajstić information content (AvgIpc) is 3.22. The van der Waals surface area contributed by atoms with Crippen LogP contribution in [0.4, 0.5) is 0 Å². The fourth-order valence-electron chi connectivity index (χ4n) is 3.42. The summed E-state index contributed by atoms with van der Waals surface area (Å²) in [7, 11) is 0. The molecule has 0 aliphatic heterocycles. The van der Waals surface area contributed by atoms with E-state index in [0.29, 0.717) is 5.82 Å². The molecule has 0 spiro atoms. The topological polar surface area (TPSA) is 92.9 Å². The van der Waals surface area contributed by atoms with Gasteiger partial charge in [0.2, 0.25) is 0 Å². The first-order chi connectivity index (χ1) is 14.7. The summed E-state index contributed by atoms with van der Waals surface area (Å²) in [6.07, 6.45) is 1.98. The quantitative estimate of drug-likeness (QED) is 0.504. The van der Waals surface area contributed by atoms with Gasteiger partial charge in [0.15, 0.2) is 5.82 Å². The van der Waals surface area contributed by atoms with Crippen LogP contribution in [0.1, 0.15) is 61.8 Å². The molecule has 31 heavy (non-hydrogen) atoms. The van der Waals surface area contributed by atoms with Crippen LogP contribution in [0.2, 0.25) is 0 Å². The van der Waals surface area contributed by atoms with Gasteiger partial charge in [-0.3, -0.25) is 10.1 Å². The monoisotopic (exact) mass is 439 g/mol. The Balaban J connectivity index is 2.06. The molecule has 2 N–H and O–H groups in total. The second kappa shape index (κ2) is 9.62. The van der Waals surface area contributed by atoms with Crippen molar-refractivity contribution in [3.63, 3.8) is 0 Å². The second-order valence-electron chi connectivity index (χ2n) is 8.55. The molecule has 164 valence electrons. The zero-order valence-electron chi connectivity index (χ0n) is 18.5. The lowest BCUT2D eigenvalue weighted by atomic mass is 9.98. The highest BCUT2D eigenvalue weighted by Crippen LogP contribution is 2.30. The van der Waals surface area contributed by atoms with Crippen LogP contribution >= 0.6 is 11.8 Å². The highest BCUT2D eigenvalue weighted by molar-refractivity contribution is 7.98. The standard InChI is InChI=1S/C23H29N5O2S/c1-15-6-8-16(9-7-15)19(14-20(29)30)24-21(17-10-12-18(31-5)13-11-17)22-25-26-27-28(22)23(2,3)4/h6-13,19,21,24H,14H2,1-5H3,(H,29,30). The van der Waals surface area contributed by atoms with Gasteiger partial charge < -0.3 is 5.11 Å². The third-order valence-electron chi connectivity index (χ3n) is 5.06. The van der Waals surface area contributed by atoms with Crippen LogP contribution in [-0.4, -0.2) is 37.5 Å². The van der Waals surface area contributed by atoms with Gasteiger partial charge in [0, 0.05) is 10.9 Å². The van der Waals surface area contributed by atoms with Crippen molar-refractivity contribution in [3.05, 3.63) is 71.0 Å². The lowest BCUT2D eigenvalue weighted by molar-refractivity contribution is -0.137. The fourth-order valence-corrected chi connectivity index (χ4v) is 3.82. The summed E-state index contributed by atoms with van der Waals surface area (Å²) in [5.74, 6) is -0.225. The van der Waals surface area contributed by atoms with Crippen LogP contribution in [-0.2, 0) is 10.3 Å². The zero-order chi connectivity index (χ0) is 22.6. The Morgan fingerprint density at radius 2 is 1.71 bits per heavy atom. The molecule has 3 aromatic rings. The summed E-state index contributed by atoms with van der Waals surface area (Å²) in [5.41, 5.74) is 2.68. The van der Waals surface area contributed by atoms with E-state index in [-0.39, 0.29) is 18.0 Å². The molecule has 8 heteroatoms. The van der Waals surface area contributed by atoms with Crippen molar-refractivity contribution < 1.29 is 9.90 Å². The molecule has 0 bridgehead atoms. The van der Waals surface area contributed by atoms with Crippen molar-refractivity contribution in [2.75, 3.05) is 6.26 Å². The third-order valence-corrected chi connectivity index (χ3v) is 5.81. The minimum atomic E-state index is -0.870. The van der Waals surface area contributed by atoms with Crippen molar-refractivity contribution in [1.82, 2.24) is 25.5 Å². The van der Waals surface area contributed by atoms with E-state index >= 15 is 0 Å². The van der Waals surface area contributed by atoms with E-state index in [1.54, 1.807) is 16.4 Å². The van der Waals surface area contributed by atoms with Gasteiger partial charge in [0.25, 0.3) is 0 Å². The van der Waals surface area contributed by atoms with E-state index in [2.05, 4.69) is 33.0 Å². The Morgan fingerprint density at radius 1 is 1.10 bits per heavy atom. The maximum atomic E-state index is 11.7. The van der Waals surface area contributed by atoms with Crippen LogP contribution in [0.3, 0.4) is 0 Å². The molecular weight excluding hydrogens is 410 g/mol. The highest BCUT2D eigenvalue weighted by Gasteiger charge is 2.30. The van der Waals surface area contributed by atoms with Gasteiger partial charge in [-0.1, -0.05) is 42.0 Å². The molecule has 1 heterocycles. The molecule has 0 aliphatic rings. The van der Waals surface area contributed by atoms with Gasteiger partial charge in [0.05, 0.1) is 18.0 Å². The predicted molar refractivity (Wildman–Crippen MR) is 122 cm³/mol. The third kappa shape index (κ3) is 5.71. The number of aromatic nitrogens is 4. The van der Waals surface area contributed by atoms with Gasteiger partial charge in [-0.2, -0.15) is 0 Å². The number of benzene rings is 2. The minimum Gasteiger partial charge on any atom is -0.481 e. The van der Waals surface area contributed by atoms with Crippen molar-refractivity contribution in [3.8, 4) is 0 Å². The van der Waals surface area contributed by atoms with Crippen molar-refractivity contribution >= 4 is 17.7 Å². The molecule has 0 amide bonds. The number of hydrogen-bond donors (Lipinski definition) is 2. The summed E-state index contributed by atoms with van der Waals surface area (Å²) in [4.78, 5) is 12.8. The Labute approximate surface area is 187 Å². The van der Waals surface area contributed by atoms with Crippen molar-refractivity contribution in [2.24, 2.45) is 0 Å². The lowest BCUT2D eigenvalue weighted by Gasteiger charge is -2.28. The van der Waals surface area contributed by atoms with Crippen LogP contribution in [0.5, 0.6) is 0 Å². The molecule has 3 rings (SSSR count). The lowest BCUT2D eigenvalue weighted by Crippen LogP contribution is -2.34. The van der Waals surface area contributed by atoms with E-state index in [1.165, 1.54) is 0 Å². The molecule has 1 aromatic heterocycles. The number of nitrogens with zero attached hydrogens (tertiary/aromatic N) is 4. The predicted octanol–water partition coefficient (Wildman–Crippen LogP) is 4.35. The van der Waals surface area contributed by atoms with Gasteiger partial charge >= 0.3 is 5.97 Å². The number of tetrazole rings is 1. The van der Waals surface area contributed by atoms with E-state index in [9.17, 15) is 9.90 Å². The molecule has 0 saturated heterocycles.